The first-order chi connectivity index (χ1) is 11.0. The van der Waals surface area contributed by atoms with Crippen molar-refractivity contribution < 1.29 is 4.79 Å². The number of hydrogen-bond acceptors (Lipinski definition) is 1. The van der Waals surface area contributed by atoms with Crippen molar-refractivity contribution in [1.29, 1.82) is 0 Å². The standard InChI is InChI=1S/C22H28O/c1-4-5-15-7-9-19-18-8-6-16-14-17(23)10-12-22(16,3)20(18)11-13-21(15,19)2/h7,14,18-20H,6,8-13H2,1-3H3/t18?,19?,20?,21-,22+/m1/s1. The Kier molecular flexibility index (Phi) is 3.38. The van der Waals surface area contributed by atoms with Crippen LogP contribution >= 0.6 is 0 Å². The van der Waals surface area contributed by atoms with Crippen LogP contribution in [-0.4, -0.2) is 5.78 Å². The van der Waals surface area contributed by atoms with Gasteiger partial charge < -0.3 is 0 Å². The van der Waals surface area contributed by atoms with E-state index in [-0.39, 0.29) is 5.41 Å². The van der Waals surface area contributed by atoms with Crippen molar-refractivity contribution in [3.63, 3.8) is 0 Å². The van der Waals surface area contributed by atoms with Crippen LogP contribution in [0.3, 0.4) is 0 Å². The third kappa shape index (κ3) is 2.03. The van der Waals surface area contributed by atoms with Gasteiger partial charge in [-0.25, -0.2) is 0 Å². The Labute approximate surface area is 140 Å². The summed E-state index contributed by atoms with van der Waals surface area (Å²) in [4.78, 5) is 11.9. The third-order valence-corrected chi connectivity index (χ3v) is 7.80. The second-order valence-electron chi connectivity index (χ2n) is 8.65. The summed E-state index contributed by atoms with van der Waals surface area (Å²) in [6, 6.07) is 0. The fourth-order valence-corrected chi connectivity index (χ4v) is 6.46. The number of fused-ring (bicyclic) bond motifs is 5. The molecule has 23 heavy (non-hydrogen) atoms. The van der Waals surface area contributed by atoms with Crippen LogP contribution in [-0.2, 0) is 4.79 Å². The highest BCUT2D eigenvalue weighted by Crippen LogP contribution is 2.65. The van der Waals surface area contributed by atoms with E-state index < -0.39 is 0 Å². The summed E-state index contributed by atoms with van der Waals surface area (Å²) in [5.41, 5.74) is 3.48. The van der Waals surface area contributed by atoms with E-state index in [0.29, 0.717) is 11.2 Å². The Bertz CT molecular complexity index is 670. The SMILES string of the molecule is CC#CC1=CCC2C3CCC4=CC(=O)CC[C@]4(C)C3CC[C@]12C. The Morgan fingerprint density at radius 2 is 1.91 bits per heavy atom. The van der Waals surface area contributed by atoms with Crippen molar-refractivity contribution in [3.05, 3.63) is 23.3 Å². The lowest BCUT2D eigenvalue weighted by Crippen LogP contribution is -2.50. The summed E-state index contributed by atoms with van der Waals surface area (Å²) in [6.45, 7) is 6.88. The van der Waals surface area contributed by atoms with Crippen LogP contribution in [0.5, 0.6) is 0 Å². The molecular formula is C22H28O. The monoisotopic (exact) mass is 308 g/mol. The summed E-state index contributed by atoms with van der Waals surface area (Å²) < 4.78 is 0. The topological polar surface area (TPSA) is 17.1 Å². The van der Waals surface area contributed by atoms with Gasteiger partial charge in [-0.1, -0.05) is 31.4 Å². The second-order valence-corrected chi connectivity index (χ2v) is 8.65. The summed E-state index contributed by atoms with van der Waals surface area (Å²) in [6.07, 6.45) is 12.5. The highest BCUT2D eigenvalue weighted by atomic mass is 16.1. The molecule has 1 heteroatoms. The first-order valence-corrected chi connectivity index (χ1v) is 9.36. The molecule has 0 aliphatic heterocycles. The van der Waals surface area contributed by atoms with E-state index >= 15 is 0 Å². The molecule has 4 rings (SSSR count). The van der Waals surface area contributed by atoms with Gasteiger partial charge in [0.1, 0.15) is 0 Å². The van der Waals surface area contributed by atoms with Crippen LogP contribution in [0.15, 0.2) is 23.3 Å². The highest BCUT2D eigenvalue weighted by Gasteiger charge is 2.56. The molecule has 1 nitrogen and oxygen atoms in total. The number of carbonyl (C=O) groups excluding carboxylic acids is 1. The average molecular weight is 308 g/mol. The second kappa shape index (κ2) is 5.10. The van der Waals surface area contributed by atoms with Gasteiger partial charge in [0.05, 0.1) is 0 Å². The number of carbonyl (C=O) groups is 1. The summed E-state index contributed by atoms with van der Waals surface area (Å²) in [5, 5.41) is 0. The number of ketones is 1. The van der Waals surface area contributed by atoms with Crippen molar-refractivity contribution in [1.82, 2.24) is 0 Å². The Balaban J connectivity index is 1.67. The first kappa shape index (κ1) is 15.3. The minimum absolute atomic E-state index is 0.289. The van der Waals surface area contributed by atoms with Gasteiger partial charge in [-0.15, -0.1) is 5.92 Å². The quantitative estimate of drug-likeness (QED) is 0.570. The van der Waals surface area contributed by atoms with Crippen LogP contribution < -0.4 is 0 Å². The third-order valence-electron chi connectivity index (χ3n) is 7.80. The Hall–Kier alpha value is -1.29. The molecule has 3 unspecified atom stereocenters. The zero-order valence-corrected chi connectivity index (χ0v) is 14.7. The van der Waals surface area contributed by atoms with Gasteiger partial charge >= 0.3 is 0 Å². The molecule has 0 aromatic heterocycles. The molecule has 0 aromatic rings. The zero-order chi connectivity index (χ0) is 16.2. The van der Waals surface area contributed by atoms with Gasteiger partial charge in [-0.3, -0.25) is 4.79 Å². The maximum absolute atomic E-state index is 11.9. The van der Waals surface area contributed by atoms with Crippen LogP contribution in [0.2, 0.25) is 0 Å². The molecule has 0 bridgehead atoms. The van der Waals surface area contributed by atoms with Gasteiger partial charge in [0.25, 0.3) is 0 Å². The molecule has 4 aliphatic rings. The predicted molar refractivity (Wildman–Crippen MR) is 93.6 cm³/mol. The summed E-state index contributed by atoms with van der Waals surface area (Å²) in [5.74, 6) is 9.26. The van der Waals surface area contributed by atoms with E-state index in [9.17, 15) is 4.79 Å². The number of rotatable bonds is 0. The van der Waals surface area contributed by atoms with Gasteiger partial charge in [-0.2, -0.15) is 0 Å². The van der Waals surface area contributed by atoms with Crippen LogP contribution in [0.1, 0.15) is 65.7 Å². The molecule has 0 radical (unpaired) electrons. The molecule has 0 saturated heterocycles. The fourth-order valence-electron chi connectivity index (χ4n) is 6.46. The van der Waals surface area contributed by atoms with Crippen molar-refractivity contribution in [2.24, 2.45) is 28.6 Å². The van der Waals surface area contributed by atoms with E-state index in [1.165, 1.54) is 36.8 Å². The van der Waals surface area contributed by atoms with Crippen molar-refractivity contribution in [2.45, 2.75) is 65.7 Å². The largest absolute Gasteiger partial charge is 0.295 e. The molecular weight excluding hydrogens is 280 g/mol. The normalized spacial score (nSPS) is 45.0. The zero-order valence-electron chi connectivity index (χ0n) is 14.7. The van der Waals surface area contributed by atoms with E-state index in [1.54, 1.807) is 0 Å². The van der Waals surface area contributed by atoms with Gasteiger partial charge in [-0.05, 0) is 74.7 Å². The minimum atomic E-state index is 0.289. The Morgan fingerprint density at radius 3 is 2.70 bits per heavy atom. The average Bonchev–Trinajstić information content (AvgIpc) is 2.85. The van der Waals surface area contributed by atoms with Crippen LogP contribution in [0.25, 0.3) is 0 Å². The molecule has 5 atom stereocenters. The van der Waals surface area contributed by atoms with E-state index in [2.05, 4.69) is 31.8 Å². The predicted octanol–water partition coefficient (Wildman–Crippen LogP) is 5.08. The molecule has 2 fully saturated rings. The maximum Gasteiger partial charge on any atom is 0.155 e. The highest BCUT2D eigenvalue weighted by molar-refractivity contribution is 5.91. The van der Waals surface area contributed by atoms with Gasteiger partial charge in [0, 0.05) is 17.4 Å². The van der Waals surface area contributed by atoms with Crippen molar-refractivity contribution in [3.8, 4) is 11.8 Å². The molecule has 0 amide bonds. The van der Waals surface area contributed by atoms with Crippen LogP contribution in [0.4, 0.5) is 0 Å². The lowest BCUT2D eigenvalue weighted by Gasteiger charge is -2.57. The molecule has 0 heterocycles. The molecule has 0 aromatic carbocycles. The van der Waals surface area contributed by atoms with Gasteiger partial charge in [0.2, 0.25) is 0 Å². The van der Waals surface area contributed by atoms with Gasteiger partial charge in [0.15, 0.2) is 5.78 Å². The van der Waals surface area contributed by atoms with E-state index in [0.717, 1.165) is 37.0 Å². The number of hydrogen-bond donors (Lipinski definition) is 0. The summed E-state index contributed by atoms with van der Waals surface area (Å²) >= 11 is 0. The number of allylic oxidation sites excluding steroid dienone is 4. The van der Waals surface area contributed by atoms with Crippen molar-refractivity contribution >= 4 is 5.78 Å². The fraction of sp³-hybridized carbons (Fsp3) is 0.682. The van der Waals surface area contributed by atoms with Crippen LogP contribution in [0, 0.1) is 40.4 Å². The first-order valence-electron chi connectivity index (χ1n) is 9.36. The minimum Gasteiger partial charge on any atom is -0.295 e. The smallest absolute Gasteiger partial charge is 0.155 e. The molecule has 0 N–H and O–H groups in total. The maximum atomic E-state index is 11.9. The van der Waals surface area contributed by atoms with E-state index in [4.69, 9.17) is 0 Å². The Morgan fingerprint density at radius 1 is 1.09 bits per heavy atom. The lowest BCUT2D eigenvalue weighted by atomic mass is 9.47. The molecule has 0 spiro atoms. The summed E-state index contributed by atoms with van der Waals surface area (Å²) in [7, 11) is 0. The molecule has 4 aliphatic carbocycles. The molecule has 2 saturated carbocycles. The van der Waals surface area contributed by atoms with E-state index in [1.807, 2.05) is 13.0 Å². The lowest BCUT2D eigenvalue weighted by molar-refractivity contribution is -0.117. The molecule has 122 valence electrons. The van der Waals surface area contributed by atoms with Crippen molar-refractivity contribution in [2.75, 3.05) is 0 Å².